The minimum atomic E-state index is -2.26. The normalized spacial score (nSPS) is 10.6. The molecule has 3 N–H and O–H groups in total. The largest absolute Gasteiger partial charge is 0.399 e. The molecule has 14 heavy (non-hydrogen) atoms. The molecule has 0 bridgehead atoms. The van der Waals surface area contributed by atoms with Crippen molar-refractivity contribution in [1.82, 2.24) is 0 Å². The Hall–Kier alpha value is -0.590. The van der Waals surface area contributed by atoms with Crippen molar-refractivity contribution in [2.45, 2.75) is 12.8 Å². The Kier molecular flexibility index (Phi) is 4.37. The van der Waals surface area contributed by atoms with Gasteiger partial charge in [-0.1, -0.05) is 0 Å². The lowest BCUT2D eigenvalue weighted by Crippen LogP contribution is -2.07. The summed E-state index contributed by atoms with van der Waals surface area (Å²) in [5.74, 6) is 0. The van der Waals surface area contributed by atoms with Gasteiger partial charge in [0.1, 0.15) is 0 Å². The van der Waals surface area contributed by atoms with E-state index in [1.807, 2.05) is 0 Å². The Morgan fingerprint density at radius 3 is 2.71 bits per heavy atom. The second-order valence-corrected chi connectivity index (χ2v) is 4.01. The van der Waals surface area contributed by atoms with Crippen molar-refractivity contribution in [3.8, 4) is 0 Å². The van der Waals surface area contributed by atoms with Crippen LogP contribution in [0, 0.1) is 3.57 Å². The summed E-state index contributed by atoms with van der Waals surface area (Å²) in [5.41, 5.74) is 7.07. The van der Waals surface area contributed by atoms with Crippen molar-refractivity contribution < 1.29 is 8.78 Å². The Morgan fingerprint density at radius 2 is 2.14 bits per heavy atom. The summed E-state index contributed by atoms with van der Waals surface area (Å²) in [5, 5.41) is 2.93. The molecule has 0 spiro atoms. The molecule has 0 aliphatic heterocycles. The first-order valence-electron chi connectivity index (χ1n) is 4.16. The SMILES string of the molecule is Nc1ccc(NCCC(F)F)c(I)c1. The number of hydrogen-bond acceptors (Lipinski definition) is 2. The van der Waals surface area contributed by atoms with Crippen molar-refractivity contribution in [2.75, 3.05) is 17.6 Å². The highest BCUT2D eigenvalue weighted by molar-refractivity contribution is 14.1. The molecule has 0 aliphatic rings. The van der Waals surface area contributed by atoms with E-state index in [9.17, 15) is 8.78 Å². The molecule has 2 nitrogen and oxygen atoms in total. The molecule has 1 aromatic rings. The minimum Gasteiger partial charge on any atom is -0.399 e. The second-order valence-electron chi connectivity index (χ2n) is 2.85. The van der Waals surface area contributed by atoms with E-state index in [2.05, 4.69) is 27.9 Å². The van der Waals surface area contributed by atoms with Gasteiger partial charge in [-0.3, -0.25) is 0 Å². The number of anilines is 2. The number of hydrogen-bond donors (Lipinski definition) is 2. The van der Waals surface area contributed by atoms with E-state index in [1.54, 1.807) is 18.2 Å². The topological polar surface area (TPSA) is 38.0 Å². The van der Waals surface area contributed by atoms with Crippen LogP contribution in [0.15, 0.2) is 18.2 Å². The third kappa shape index (κ3) is 3.65. The molecule has 0 aromatic heterocycles. The fourth-order valence-corrected chi connectivity index (χ4v) is 1.72. The summed E-state index contributed by atoms with van der Waals surface area (Å²) < 4.78 is 24.6. The highest BCUT2D eigenvalue weighted by atomic mass is 127. The Labute approximate surface area is 95.0 Å². The maximum absolute atomic E-state index is 11.8. The van der Waals surface area contributed by atoms with Crippen molar-refractivity contribution >= 4 is 34.0 Å². The van der Waals surface area contributed by atoms with Crippen LogP contribution in [0.1, 0.15) is 6.42 Å². The van der Waals surface area contributed by atoms with Gasteiger partial charge < -0.3 is 11.1 Å². The van der Waals surface area contributed by atoms with Gasteiger partial charge in [-0.25, -0.2) is 8.78 Å². The molecule has 0 unspecified atom stereocenters. The third-order valence-electron chi connectivity index (χ3n) is 1.67. The zero-order valence-electron chi connectivity index (χ0n) is 7.43. The van der Waals surface area contributed by atoms with Crippen LogP contribution in [-0.2, 0) is 0 Å². The van der Waals surface area contributed by atoms with Gasteiger partial charge in [0, 0.05) is 27.9 Å². The number of nitrogens with two attached hydrogens (primary N) is 1. The van der Waals surface area contributed by atoms with E-state index in [0.717, 1.165) is 9.26 Å². The lowest BCUT2D eigenvalue weighted by molar-refractivity contribution is 0.142. The van der Waals surface area contributed by atoms with Gasteiger partial charge in [0.25, 0.3) is 0 Å². The van der Waals surface area contributed by atoms with Crippen LogP contribution < -0.4 is 11.1 Å². The fraction of sp³-hybridized carbons (Fsp3) is 0.333. The monoisotopic (exact) mass is 312 g/mol. The molecule has 0 radical (unpaired) electrons. The fourth-order valence-electron chi connectivity index (χ4n) is 0.991. The van der Waals surface area contributed by atoms with E-state index in [4.69, 9.17) is 5.73 Å². The van der Waals surface area contributed by atoms with E-state index >= 15 is 0 Å². The number of nitrogens with one attached hydrogen (secondary N) is 1. The lowest BCUT2D eigenvalue weighted by Gasteiger charge is -2.08. The van der Waals surface area contributed by atoms with Crippen molar-refractivity contribution in [3.05, 3.63) is 21.8 Å². The maximum atomic E-state index is 11.8. The molecule has 78 valence electrons. The number of benzene rings is 1. The Balaban J connectivity index is 2.51. The van der Waals surface area contributed by atoms with Crippen LogP contribution in [0.4, 0.5) is 20.2 Å². The van der Waals surface area contributed by atoms with Crippen molar-refractivity contribution in [2.24, 2.45) is 0 Å². The number of halogens is 3. The zero-order chi connectivity index (χ0) is 10.6. The summed E-state index contributed by atoms with van der Waals surface area (Å²) in [6.45, 7) is 0.275. The Bertz CT molecular complexity index is 305. The molecule has 0 aliphatic carbocycles. The van der Waals surface area contributed by atoms with Crippen LogP contribution in [0.3, 0.4) is 0 Å². The van der Waals surface area contributed by atoms with Gasteiger partial charge in [-0.2, -0.15) is 0 Å². The van der Waals surface area contributed by atoms with Gasteiger partial charge in [0.2, 0.25) is 6.43 Å². The van der Waals surface area contributed by atoms with E-state index < -0.39 is 6.43 Å². The van der Waals surface area contributed by atoms with E-state index in [-0.39, 0.29) is 13.0 Å². The summed E-state index contributed by atoms with van der Waals surface area (Å²) in [7, 11) is 0. The smallest absolute Gasteiger partial charge is 0.240 e. The van der Waals surface area contributed by atoms with Crippen LogP contribution in [0.5, 0.6) is 0 Å². The van der Waals surface area contributed by atoms with Crippen LogP contribution >= 0.6 is 22.6 Å². The molecular weight excluding hydrogens is 301 g/mol. The molecule has 0 saturated heterocycles. The number of alkyl halides is 2. The first-order chi connectivity index (χ1) is 6.59. The molecule has 0 fully saturated rings. The molecule has 1 aromatic carbocycles. The lowest BCUT2D eigenvalue weighted by atomic mass is 10.3. The molecule has 0 amide bonds. The van der Waals surface area contributed by atoms with Gasteiger partial charge in [0.05, 0.1) is 0 Å². The van der Waals surface area contributed by atoms with Crippen molar-refractivity contribution in [3.63, 3.8) is 0 Å². The summed E-state index contributed by atoms with van der Waals surface area (Å²) in [6, 6.07) is 5.33. The van der Waals surface area contributed by atoms with E-state index in [0.29, 0.717) is 5.69 Å². The molecule has 0 heterocycles. The molecular formula is C9H11F2IN2. The van der Waals surface area contributed by atoms with Gasteiger partial charge >= 0.3 is 0 Å². The summed E-state index contributed by atoms with van der Waals surface area (Å²) in [6.07, 6.45) is -2.39. The quantitative estimate of drug-likeness (QED) is 0.663. The number of nitrogen functional groups attached to an aromatic ring is 1. The molecule has 0 saturated carbocycles. The van der Waals surface area contributed by atoms with Gasteiger partial charge in [-0.15, -0.1) is 0 Å². The predicted molar refractivity (Wildman–Crippen MR) is 62.7 cm³/mol. The first kappa shape index (κ1) is 11.5. The Morgan fingerprint density at radius 1 is 1.43 bits per heavy atom. The van der Waals surface area contributed by atoms with Crippen molar-refractivity contribution in [1.29, 1.82) is 0 Å². The first-order valence-corrected chi connectivity index (χ1v) is 5.24. The standard InChI is InChI=1S/C9H11F2IN2/c10-9(11)3-4-14-8-2-1-6(13)5-7(8)12/h1-2,5,9,14H,3-4,13H2. The predicted octanol–water partition coefficient (Wildman–Crippen LogP) is 2.94. The third-order valence-corrected chi connectivity index (χ3v) is 2.56. The average molecular weight is 312 g/mol. The minimum absolute atomic E-state index is 0.138. The average Bonchev–Trinajstić information content (AvgIpc) is 2.08. The number of rotatable bonds is 4. The molecule has 1 rings (SSSR count). The van der Waals surface area contributed by atoms with Gasteiger partial charge in [0.15, 0.2) is 0 Å². The summed E-state index contributed by atoms with van der Waals surface area (Å²) in [4.78, 5) is 0. The molecule has 5 heteroatoms. The van der Waals surface area contributed by atoms with Crippen LogP contribution in [0.25, 0.3) is 0 Å². The van der Waals surface area contributed by atoms with Crippen LogP contribution in [-0.4, -0.2) is 13.0 Å². The highest BCUT2D eigenvalue weighted by Gasteiger charge is 2.03. The van der Waals surface area contributed by atoms with Crippen LogP contribution in [0.2, 0.25) is 0 Å². The summed E-state index contributed by atoms with van der Waals surface area (Å²) >= 11 is 2.11. The zero-order valence-corrected chi connectivity index (χ0v) is 9.59. The molecule has 0 atom stereocenters. The van der Waals surface area contributed by atoms with E-state index in [1.165, 1.54) is 0 Å². The highest BCUT2D eigenvalue weighted by Crippen LogP contribution is 2.20. The second kappa shape index (κ2) is 5.33. The maximum Gasteiger partial charge on any atom is 0.240 e. The van der Waals surface area contributed by atoms with Gasteiger partial charge in [-0.05, 0) is 40.8 Å².